The minimum absolute atomic E-state index is 0.0250. The van der Waals surface area contributed by atoms with Gasteiger partial charge in [0.15, 0.2) is 0 Å². The molecular weight excluding hydrogens is 422 g/mol. The lowest BCUT2D eigenvalue weighted by molar-refractivity contribution is -0.140. The van der Waals surface area contributed by atoms with Crippen molar-refractivity contribution in [3.8, 4) is 0 Å². The SMILES string of the molecule is COC(=O)CCCCCC[C@H]1[C@@H](O)C/C(=N/O)[C@@H]1CC[C@@H](O)CSCc1cccs1. The fourth-order valence-electron chi connectivity index (χ4n) is 4.17. The molecule has 3 N–H and O–H groups in total. The number of aliphatic hydroxyl groups excluding tert-OH is 2. The van der Waals surface area contributed by atoms with Gasteiger partial charge in [0.25, 0.3) is 0 Å². The van der Waals surface area contributed by atoms with E-state index < -0.39 is 12.2 Å². The Morgan fingerprint density at radius 1 is 1.33 bits per heavy atom. The molecule has 1 fully saturated rings. The number of hydrogen-bond acceptors (Lipinski definition) is 8. The number of thiophene rings is 1. The molecule has 0 radical (unpaired) electrons. The van der Waals surface area contributed by atoms with Gasteiger partial charge in [-0.1, -0.05) is 30.5 Å². The van der Waals surface area contributed by atoms with Crippen molar-refractivity contribution in [2.75, 3.05) is 12.9 Å². The number of rotatable bonds is 14. The van der Waals surface area contributed by atoms with Crippen molar-refractivity contribution in [3.05, 3.63) is 22.4 Å². The minimum atomic E-state index is -0.485. The van der Waals surface area contributed by atoms with E-state index in [9.17, 15) is 20.2 Å². The molecule has 0 unspecified atom stereocenters. The second kappa shape index (κ2) is 14.1. The van der Waals surface area contributed by atoms with E-state index in [4.69, 9.17) is 0 Å². The predicted molar refractivity (Wildman–Crippen MR) is 122 cm³/mol. The zero-order valence-corrected chi connectivity index (χ0v) is 19.4. The highest BCUT2D eigenvalue weighted by Gasteiger charge is 2.39. The summed E-state index contributed by atoms with van der Waals surface area (Å²) in [7, 11) is 1.41. The van der Waals surface area contributed by atoms with Crippen LogP contribution < -0.4 is 0 Å². The van der Waals surface area contributed by atoms with Crippen molar-refractivity contribution < 1.29 is 25.0 Å². The Morgan fingerprint density at radius 2 is 2.13 bits per heavy atom. The lowest BCUT2D eigenvalue weighted by Crippen LogP contribution is -2.23. The van der Waals surface area contributed by atoms with E-state index in [1.54, 1.807) is 23.1 Å². The van der Waals surface area contributed by atoms with Crippen molar-refractivity contribution in [2.24, 2.45) is 17.0 Å². The molecule has 30 heavy (non-hydrogen) atoms. The van der Waals surface area contributed by atoms with Gasteiger partial charge in [-0.25, -0.2) is 0 Å². The third kappa shape index (κ3) is 8.57. The largest absolute Gasteiger partial charge is 0.469 e. The molecule has 0 aliphatic heterocycles. The van der Waals surface area contributed by atoms with Crippen LogP contribution in [0.25, 0.3) is 0 Å². The van der Waals surface area contributed by atoms with Crippen LogP contribution >= 0.6 is 23.1 Å². The Kier molecular flexibility index (Phi) is 11.8. The summed E-state index contributed by atoms with van der Waals surface area (Å²) < 4.78 is 4.65. The number of oxime groups is 1. The number of unbranched alkanes of at least 4 members (excludes halogenated alkanes) is 3. The Balaban J connectivity index is 1.70. The maximum absolute atomic E-state index is 11.1. The molecule has 170 valence electrons. The average Bonchev–Trinajstić information content (AvgIpc) is 3.36. The van der Waals surface area contributed by atoms with Crippen LogP contribution in [0.1, 0.15) is 62.7 Å². The lowest BCUT2D eigenvalue weighted by atomic mass is 9.85. The smallest absolute Gasteiger partial charge is 0.305 e. The third-order valence-electron chi connectivity index (χ3n) is 5.83. The fourth-order valence-corrected chi connectivity index (χ4v) is 6.04. The van der Waals surface area contributed by atoms with Crippen molar-refractivity contribution >= 4 is 34.8 Å². The molecule has 0 bridgehead atoms. The van der Waals surface area contributed by atoms with Crippen LogP contribution in [-0.2, 0) is 15.3 Å². The number of methoxy groups -OCH3 is 1. The van der Waals surface area contributed by atoms with Crippen LogP contribution in [0.5, 0.6) is 0 Å². The molecule has 1 saturated carbocycles. The van der Waals surface area contributed by atoms with Gasteiger partial charge < -0.3 is 20.2 Å². The van der Waals surface area contributed by atoms with Crippen molar-refractivity contribution in [1.29, 1.82) is 0 Å². The number of hydrogen-bond donors (Lipinski definition) is 3. The molecule has 0 aromatic carbocycles. The number of thioether (sulfide) groups is 1. The van der Waals surface area contributed by atoms with Gasteiger partial charge in [0, 0.05) is 35.1 Å². The highest BCUT2D eigenvalue weighted by atomic mass is 32.2. The summed E-state index contributed by atoms with van der Waals surface area (Å²) in [6.07, 6.45) is 5.98. The van der Waals surface area contributed by atoms with Crippen molar-refractivity contribution in [3.63, 3.8) is 0 Å². The number of carbonyl (C=O) groups excluding carboxylic acids is 1. The van der Waals surface area contributed by atoms with Crippen LogP contribution in [0.3, 0.4) is 0 Å². The number of esters is 1. The van der Waals surface area contributed by atoms with Crippen LogP contribution in [0.4, 0.5) is 0 Å². The number of ether oxygens (including phenoxy) is 1. The molecule has 1 aliphatic rings. The Morgan fingerprint density at radius 3 is 2.83 bits per heavy atom. The first-order valence-electron chi connectivity index (χ1n) is 10.8. The van der Waals surface area contributed by atoms with Gasteiger partial charge in [-0.2, -0.15) is 11.8 Å². The topological polar surface area (TPSA) is 99.4 Å². The van der Waals surface area contributed by atoms with Gasteiger partial charge in [-0.15, -0.1) is 11.3 Å². The second-order valence-electron chi connectivity index (χ2n) is 7.99. The summed E-state index contributed by atoms with van der Waals surface area (Å²) in [6.45, 7) is 0. The summed E-state index contributed by atoms with van der Waals surface area (Å²) >= 11 is 3.46. The quantitative estimate of drug-likeness (QED) is 0.165. The van der Waals surface area contributed by atoms with E-state index in [0.717, 1.165) is 44.3 Å². The number of aliphatic hydroxyl groups is 2. The molecule has 1 aromatic rings. The van der Waals surface area contributed by atoms with Crippen LogP contribution in [0, 0.1) is 11.8 Å². The van der Waals surface area contributed by atoms with E-state index in [1.165, 1.54) is 12.0 Å². The minimum Gasteiger partial charge on any atom is -0.469 e. The van der Waals surface area contributed by atoms with E-state index in [1.807, 2.05) is 6.07 Å². The van der Waals surface area contributed by atoms with E-state index in [2.05, 4.69) is 21.3 Å². The molecule has 6 nitrogen and oxygen atoms in total. The zero-order chi connectivity index (χ0) is 21.8. The molecule has 0 amide bonds. The van der Waals surface area contributed by atoms with E-state index >= 15 is 0 Å². The number of nitrogens with zero attached hydrogens (tertiary/aromatic N) is 1. The fraction of sp³-hybridized carbons (Fsp3) is 0.727. The van der Waals surface area contributed by atoms with E-state index in [0.29, 0.717) is 30.7 Å². The summed E-state index contributed by atoms with van der Waals surface area (Å²) in [5.74, 6) is 1.53. The number of carbonyl (C=O) groups is 1. The van der Waals surface area contributed by atoms with Gasteiger partial charge >= 0.3 is 5.97 Å². The Labute approximate surface area is 187 Å². The molecule has 1 heterocycles. The highest BCUT2D eigenvalue weighted by molar-refractivity contribution is 7.98. The molecule has 0 spiro atoms. The Bertz CT molecular complexity index is 637. The summed E-state index contributed by atoms with van der Waals surface area (Å²) in [5, 5.41) is 35.7. The Hall–Kier alpha value is -1.09. The van der Waals surface area contributed by atoms with Crippen LogP contribution in [0.2, 0.25) is 0 Å². The van der Waals surface area contributed by atoms with Gasteiger partial charge in [0.05, 0.1) is 25.0 Å². The first-order valence-corrected chi connectivity index (χ1v) is 12.8. The second-order valence-corrected chi connectivity index (χ2v) is 10.1. The highest BCUT2D eigenvalue weighted by Crippen LogP contribution is 2.37. The lowest BCUT2D eigenvalue weighted by Gasteiger charge is -2.23. The normalized spacial score (nSPS) is 23.7. The van der Waals surface area contributed by atoms with Crippen LogP contribution in [0.15, 0.2) is 22.7 Å². The first kappa shape index (κ1) is 25.2. The zero-order valence-electron chi connectivity index (χ0n) is 17.7. The van der Waals surface area contributed by atoms with Crippen LogP contribution in [-0.4, -0.2) is 52.2 Å². The van der Waals surface area contributed by atoms with Crippen molar-refractivity contribution in [1.82, 2.24) is 0 Å². The molecule has 0 saturated heterocycles. The van der Waals surface area contributed by atoms with Gasteiger partial charge in [0.2, 0.25) is 0 Å². The average molecular weight is 458 g/mol. The van der Waals surface area contributed by atoms with Gasteiger partial charge in [-0.3, -0.25) is 4.79 Å². The maximum atomic E-state index is 11.1. The van der Waals surface area contributed by atoms with Crippen molar-refractivity contribution in [2.45, 2.75) is 75.7 Å². The maximum Gasteiger partial charge on any atom is 0.305 e. The molecule has 4 atom stereocenters. The van der Waals surface area contributed by atoms with E-state index in [-0.39, 0.29) is 17.8 Å². The first-order chi connectivity index (χ1) is 14.5. The summed E-state index contributed by atoms with van der Waals surface area (Å²) in [4.78, 5) is 12.5. The third-order valence-corrected chi connectivity index (χ3v) is 8.02. The van der Waals surface area contributed by atoms with Gasteiger partial charge in [0.1, 0.15) is 0 Å². The standard InChI is InChI=1S/C22H35NO5S2/c1-28-22(26)9-5-3-2-4-8-19-18(20(23-27)13-21(19)25)11-10-16(24)14-29-15-17-7-6-12-30-17/h6-7,12,16,18-19,21,24-25,27H,2-5,8-11,13-15H2,1H3/b23-20-/t16-,18-,19-,21+/m1/s1. The molecular formula is C22H35NO5S2. The monoisotopic (exact) mass is 457 g/mol. The molecule has 2 rings (SSSR count). The molecule has 1 aromatic heterocycles. The molecule has 1 aliphatic carbocycles. The summed E-state index contributed by atoms with van der Waals surface area (Å²) in [5.41, 5.74) is 0.664. The summed E-state index contributed by atoms with van der Waals surface area (Å²) in [6, 6.07) is 4.14. The predicted octanol–water partition coefficient (Wildman–Crippen LogP) is 4.46. The molecule has 8 heteroatoms. The van der Waals surface area contributed by atoms with Gasteiger partial charge in [-0.05, 0) is 43.0 Å².